The number of aryl methyl sites for hydroxylation is 2. The molecule has 0 aliphatic carbocycles. The van der Waals surface area contributed by atoms with E-state index in [4.69, 9.17) is 0 Å². The van der Waals surface area contributed by atoms with E-state index in [0.29, 0.717) is 0 Å². The zero-order valence-electron chi connectivity index (χ0n) is 8.87. The number of rotatable bonds is 3. The smallest absolute Gasteiger partial charge is 0.211 e. The second kappa shape index (κ2) is 4.73. The van der Waals surface area contributed by atoms with Gasteiger partial charge >= 0.3 is 0 Å². The van der Waals surface area contributed by atoms with E-state index in [0.717, 1.165) is 12.0 Å². The van der Waals surface area contributed by atoms with E-state index < -0.39 is 0 Å². The van der Waals surface area contributed by atoms with Gasteiger partial charge in [-0.2, -0.15) is 4.99 Å². The Hall–Kier alpha value is -1.40. The highest BCUT2D eigenvalue weighted by atomic mass is 16.1. The van der Waals surface area contributed by atoms with E-state index in [1.165, 1.54) is 11.1 Å². The molecule has 0 radical (unpaired) electrons. The molecule has 74 valence electrons. The minimum Gasteiger partial charge on any atom is -0.211 e. The molecule has 0 aliphatic heterocycles. The Kier molecular flexibility index (Phi) is 3.61. The second-order valence-electron chi connectivity index (χ2n) is 3.50. The Morgan fingerprint density at radius 1 is 1.43 bits per heavy atom. The molecule has 0 fully saturated rings. The summed E-state index contributed by atoms with van der Waals surface area (Å²) in [6.07, 6.45) is 2.47. The maximum absolute atomic E-state index is 10.3. The minimum absolute atomic E-state index is 0.0348. The third-order valence-electron chi connectivity index (χ3n) is 2.39. The Bertz CT molecular complexity index is 365. The van der Waals surface area contributed by atoms with Crippen molar-refractivity contribution in [2.75, 3.05) is 0 Å². The Labute approximate surface area is 84.7 Å². The Balaban J connectivity index is 3.14. The Morgan fingerprint density at radius 2 is 2.14 bits per heavy atom. The highest BCUT2D eigenvalue weighted by Crippen LogP contribution is 2.24. The molecule has 0 spiro atoms. The molecule has 1 atom stereocenters. The molecule has 14 heavy (non-hydrogen) atoms. The number of nitrogens with zero attached hydrogens (tertiary/aromatic N) is 1. The molecule has 2 nitrogen and oxygen atoms in total. The molecule has 0 aromatic heterocycles. The lowest BCUT2D eigenvalue weighted by Crippen LogP contribution is -1.97. The van der Waals surface area contributed by atoms with Gasteiger partial charge in [0.25, 0.3) is 0 Å². The summed E-state index contributed by atoms with van der Waals surface area (Å²) in [5, 5.41) is 0. The maximum atomic E-state index is 10.3. The quantitative estimate of drug-likeness (QED) is 0.530. The first-order valence-corrected chi connectivity index (χ1v) is 4.83. The lowest BCUT2D eigenvalue weighted by molar-refractivity contribution is 0.555. The maximum Gasteiger partial charge on any atom is 0.235 e. The number of aliphatic imine (C=N–C) groups is 1. The molecule has 0 N–H and O–H groups in total. The van der Waals surface area contributed by atoms with Crippen LogP contribution in [-0.2, 0) is 4.79 Å². The van der Waals surface area contributed by atoms with Crippen LogP contribution in [0.1, 0.15) is 36.1 Å². The van der Waals surface area contributed by atoms with Gasteiger partial charge in [0.05, 0.1) is 6.04 Å². The van der Waals surface area contributed by atoms with Gasteiger partial charge in [0.15, 0.2) is 0 Å². The molecule has 1 aromatic carbocycles. The van der Waals surface area contributed by atoms with Gasteiger partial charge in [0.2, 0.25) is 6.08 Å². The first kappa shape index (κ1) is 10.7. The predicted octanol–water partition coefficient (Wildman–Crippen LogP) is 3.09. The Morgan fingerprint density at radius 3 is 2.71 bits per heavy atom. The van der Waals surface area contributed by atoms with Crippen molar-refractivity contribution in [3.05, 3.63) is 34.9 Å². The highest BCUT2D eigenvalue weighted by molar-refractivity contribution is 5.38. The van der Waals surface area contributed by atoms with Gasteiger partial charge in [0.1, 0.15) is 0 Å². The zero-order chi connectivity index (χ0) is 10.6. The molecule has 0 aliphatic rings. The van der Waals surface area contributed by atoms with Crippen LogP contribution in [0.2, 0.25) is 0 Å². The number of carbonyl (C=O) groups excluding carboxylic acids is 1. The zero-order valence-corrected chi connectivity index (χ0v) is 8.87. The SMILES string of the molecule is CC[C@@H](N=C=O)c1cc(C)ccc1C. The van der Waals surface area contributed by atoms with Crippen molar-refractivity contribution in [3.8, 4) is 0 Å². The molecule has 0 heterocycles. The molecule has 1 aromatic rings. The van der Waals surface area contributed by atoms with Crippen LogP contribution in [0.15, 0.2) is 23.2 Å². The van der Waals surface area contributed by atoms with Gasteiger partial charge in [-0.1, -0.05) is 30.7 Å². The van der Waals surface area contributed by atoms with Crippen molar-refractivity contribution < 1.29 is 4.79 Å². The number of isocyanates is 1. The van der Waals surface area contributed by atoms with Crippen molar-refractivity contribution >= 4 is 6.08 Å². The molecule has 0 amide bonds. The van der Waals surface area contributed by atoms with Crippen LogP contribution in [0, 0.1) is 13.8 Å². The second-order valence-corrected chi connectivity index (χ2v) is 3.50. The van der Waals surface area contributed by atoms with Crippen molar-refractivity contribution in [1.29, 1.82) is 0 Å². The molecule has 0 saturated heterocycles. The monoisotopic (exact) mass is 189 g/mol. The number of benzene rings is 1. The minimum atomic E-state index is -0.0348. The average molecular weight is 189 g/mol. The van der Waals surface area contributed by atoms with Gasteiger partial charge in [0, 0.05) is 0 Å². The van der Waals surface area contributed by atoms with E-state index in [-0.39, 0.29) is 6.04 Å². The van der Waals surface area contributed by atoms with Gasteiger partial charge < -0.3 is 0 Å². The fraction of sp³-hybridized carbons (Fsp3) is 0.417. The summed E-state index contributed by atoms with van der Waals surface area (Å²) in [6.45, 7) is 6.10. The molecule has 2 heteroatoms. The summed E-state index contributed by atoms with van der Waals surface area (Å²) >= 11 is 0. The fourth-order valence-electron chi connectivity index (χ4n) is 1.56. The van der Waals surface area contributed by atoms with E-state index in [1.807, 2.05) is 20.8 Å². The molecule has 1 rings (SSSR count). The fourth-order valence-corrected chi connectivity index (χ4v) is 1.56. The first-order chi connectivity index (χ1) is 6.69. The number of hydrogen-bond donors (Lipinski definition) is 0. The van der Waals surface area contributed by atoms with Crippen LogP contribution >= 0.6 is 0 Å². The van der Waals surface area contributed by atoms with Gasteiger partial charge in [-0.25, -0.2) is 4.79 Å². The van der Waals surface area contributed by atoms with Gasteiger partial charge in [-0.3, -0.25) is 0 Å². The number of hydrogen-bond acceptors (Lipinski definition) is 2. The molecule has 0 saturated carbocycles. The van der Waals surface area contributed by atoms with Crippen LogP contribution in [0.25, 0.3) is 0 Å². The van der Waals surface area contributed by atoms with E-state index in [1.54, 1.807) is 6.08 Å². The van der Waals surface area contributed by atoms with Crippen LogP contribution in [0.3, 0.4) is 0 Å². The van der Waals surface area contributed by atoms with Crippen LogP contribution in [-0.4, -0.2) is 6.08 Å². The van der Waals surface area contributed by atoms with E-state index in [2.05, 4.69) is 23.2 Å². The van der Waals surface area contributed by atoms with Crippen LogP contribution in [0.4, 0.5) is 0 Å². The molecule has 0 unspecified atom stereocenters. The largest absolute Gasteiger partial charge is 0.235 e. The third kappa shape index (κ3) is 2.30. The summed E-state index contributed by atoms with van der Waals surface area (Å²) in [4.78, 5) is 14.1. The van der Waals surface area contributed by atoms with E-state index in [9.17, 15) is 4.79 Å². The van der Waals surface area contributed by atoms with Crippen LogP contribution < -0.4 is 0 Å². The normalized spacial score (nSPS) is 11.9. The van der Waals surface area contributed by atoms with E-state index >= 15 is 0 Å². The van der Waals surface area contributed by atoms with Crippen LogP contribution in [0.5, 0.6) is 0 Å². The summed E-state index contributed by atoms with van der Waals surface area (Å²) in [6, 6.07) is 6.18. The van der Waals surface area contributed by atoms with Gasteiger partial charge in [-0.05, 0) is 31.4 Å². The van der Waals surface area contributed by atoms with Crippen molar-refractivity contribution in [2.24, 2.45) is 4.99 Å². The lowest BCUT2D eigenvalue weighted by atomic mass is 9.98. The van der Waals surface area contributed by atoms with Crippen molar-refractivity contribution in [2.45, 2.75) is 33.2 Å². The predicted molar refractivity (Wildman–Crippen MR) is 57.1 cm³/mol. The first-order valence-electron chi connectivity index (χ1n) is 4.83. The summed E-state index contributed by atoms with van der Waals surface area (Å²) < 4.78 is 0. The summed E-state index contributed by atoms with van der Waals surface area (Å²) in [7, 11) is 0. The topological polar surface area (TPSA) is 29.4 Å². The molecular formula is C12H15NO. The lowest BCUT2D eigenvalue weighted by Gasteiger charge is -2.12. The summed E-state index contributed by atoms with van der Waals surface area (Å²) in [5.41, 5.74) is 3.52. The molecular weight excluding hydrogens is 174 g/mol. The molecule has 0 bridgehead atoms. The van der Waals surface area contributed by atoms with Crippen molar-refractivity contribution in [3.63, 3.8) is 0 Å². The third-order valence-corrected chi connectivity index (χ3v) is 2.39. The average Bonchev–Trinajstić information content (AvgIpc) is 2.18. The standard InChI is InChI=1S/C12H15NO/c1-4-12(13-8-14)11-7-9(2)5-6-10(11)3/h5-7,12H,4H2,1-3H3/t12-/m1/s1. The van der Waals surface area contributed by atoms with Crippen molar-refractivity contribution in [1.82, 2.24) is 0 Å². The highest BCUT2D eigenvalue weighted by Gasteiger charge is 2.10. The van der Waals surface area contributed by atoms with Gasteiger partial charge in [-0.15, -0.1) is 0 Å². The summed E-state index contributed by atoms with van der Waals surface area (Å²) in [5.74, 6) is 0.